The first kappa shape index (κ1) is 13.0. The first-order valence-corrected chi connectivity index (χ1v) is 5.64. The number of rotatable bonds is 3. The Labute approximate surface area is 109 Å². The van der Waals surface area contributed by atoms with Crippen molar-refractivity contribution < 1.29 is 19.1 Å². The van der Waals surface area contributed by atoms with Crippen molar-refractivity contribution in [1.29, 1.82) is 0 Å². The molecule has 2 rings (SSSR count). The van der Waals surface area contributed by atoms with Crippen molar-refractivity contribution >= 4 is 11.8 Å². The second-order valence-corrected chi connectivity index (χ2v) is 4.23. The van der Waals surface area contributed by atoms with E-state index in [9.17, 15) is 14.0 Å². The molecular formula is C14H12FNO3. The van der Waals surface area contributed by atoms with E-state index >= 15 is 0 Å². The standard InChI is InChI=1S/C14H12FNO3/c1-8-6-12(13(17)14(18)19)9(2)16(8)11-5-3-4-10(15)7-11/h3-7H,1-2H3,(H,18,19). The van der Waals surface area contributed by atoms with Crippen LogP contribution in [0.3, 0.4) is 0 Å². The molecule has 0 fully saturated rings. The number of nitrogens with zero attached hydrogens (tertiary/aromatic N) is 1. The Morgan fingerprint density at radius 2 is 1.89 bits per heavy atom. The highest BCUT2D eigenvalue weighted by Crippen LogP contribution is 2.21. The van der Waals surface area contributed by atoms with Crippen molar-refractivity contribution in [3.05, 3.63) is 53.1 Å². The van der Waals surface area contributed by atoms with Crippen molar-refractivity contribution in [2.75, 3.05) is 0 Å². The molecule has 4 nitrogen and oxygen atoms in total. The average Bonchev–Trinajstić information content (AvgIpc) is 2.63. The minimum atomic E-state index is -1.50. The maximum Gasteiger partial charge on any atom is 0.377 e. The lowest BCUT2D eigenvalue weighted by Gasteiger charge is -2.09. The van der Waals surface area contributed by atoms with E-state index in [1.54, 1.807) is 30.5 Å². The minimum absolute atomic E-state index is 0.120. The zero-order chi connectivity index (χ0) is 14.2. The minimum Gasteiger partial charge on any atom is -0.475 e. The molecule has 0 bridgehead atoms. The van der Waals surface area contributed by atoms with Crippen LogP contribution >= 0.6 is 0 Å². The van der Waals surface area contributed by atoms with Gasteiger partial charge in [0.05, 0.1) is 5.56 Å². The lowest BCUT2D eigenvalue weighted by Crippen LogP contribution is -2.13. The van der Waals surface area contributed by atoms with Gasteiger partial charge in [0.25, 0.3) is 5.78 Å². The molecule has 5 heteroatoms. The first-order valence-electron chi connectivity index (χ1n) is 5.64. The van der Waals surface area contributed by atoms with Gasteiger partial charge < -0.3 is 9.67 Å². The molecule has 98 valence electrons. The Hall–Kier alpha value is -2.43. The van der Waals surface area contributed by atoms with Crippen LogP contribution < -0.4 is 0 Å². The monoisotopic (exact) mass is 261 g/mol. The van der Waals surface area contributed by atoms with Crippen molar-refractivity contribution in [3.8, 4) is 5.69 Å². The number of halogens is 1. The van der Waals surface area contributed by atoms with Gasteiger partial charge in [-0.05, 0) is 38.1 Å². The van der Waals surface area contributed by atoms with Crippen LogP contribution in [0.4, 0.5) is 4.39 Å². The quantitative estimate of drug-likeness (QED) is 0.682. The summed E-state index contributed by atoms with van der Waals surface area (Å²) < 4.78 is 14.9. The molecule has 0 aliphatic rings. The van der Waals surface area contributed by atoms with E-state index in [2.05, 4.69) is 0 Å². The molecule has 0 unspecified atom stereocenters. The number of carbonyl (C=O) groups is 2. The van der Waals surface area contributed by atoms with Gasteiger partial charge >= 0.3 is 5.97 Å². The number of hydrogen-bond donors (Lipinski definition) is 1. The lowest BCUT2D eigenvalue weighted by molar-refractivity contribution is -0.131. The van der Waals surface area contributed by atoms with E-state index in [0.717, 1.165) is 0 Å². The molecule has 0 atom stereocenters. The van der Waals surface area contributed by atoms with Crippen LogP contribution in [-0.4, -0.2) is 21.4 Å². The molecular weight excluding hydrogens is 249 g/mol. The zero-order valence-corrected chi connectivity index (χ0v) is 10.5. The summed E-state index contributed by atoms with van der Waals surface area (Å²) in [6, 6.07) is 7.40. The molecule has 0 spiro atoms. The van der Waals surface area contributed by atoms with Gasteiger partial charge in [0.1, 0.15) is 5.82 Å². The SMILES string of the molecule is Cc1cc(C(=O)C(=O)O)c(C)n1-c1cccc(F)c1. The van der Waals surface area contributed by atoms with Gasteiger partial charge in [0, 0.05) is 17.1 Å². The highest BCUT2D eigenvalue weighted by atomic mass is 19.1. The topological polar surface area (TPSA) is 59.3 Å². The molecule has 19 heavy (non-hydrogen) atoms. The summed E-state index contributed by atoms with van der Waals surface area (Å²) in [6.45, 7) is 3.37. The van der Waals surface area contributed by atoms with Crippen molar-refractivity contribution in [2.24, 2.45) is 0 Å². The predicted molar refractivity (Wildman–Crippen MR) is 67.2 cm³/mol. The highest BCUT2D eigenvalue weighted by Gasteiger charge is 2.21. The number of carbonyl (C=O) groups excluding carboxylic acids is 1. The number of aromatic nitrogens is 1. The molecule has 0 aliphatic heterocycles. The van der Waals surface area contributed by atoms with Gasteiger partial charge in [-0.2, -0.15) is 0 Å². The number of Topliss-reactive ketones (excluding diaryl/α,β-unsaturated/α-hetero) is 1. The summed E-state index contributed by atoms with van der Waals surface area (Å²) in [4.78, 5) is 22.3. The van der Waals surface area contributed by atoms with Crippen LogP contribution in [0.5, 0.6) is 0 Å². The summed E-state index contributed by atoms with van der Waals surface area (Å²) in [7, 11) is 0. The maximum absolute atomic E-state index is 13.2. The van der Waals surface area contributed by atoms with Gasteiger partial charge in [-0.3, -0.25) is 4.79 Å². The fourth-order valence-corrected chi connectivity index (χ4v) is 2.12. The van der Waals surface area contributed by atoms with Crippen LogP contribution in [-0.2, 0) is 4.79 Å². The Morgan fingerprint density at radius 1 is 1.21 bits per heavy atom. The summed E-state index contributed by atoms with van der Waals surface area (Å²) >= 11 is 0. The highest BCUT2D eigenvalue weighted by molar-refractivity contribution is 6.40. The molecule has 1 aromatic heterocycles. The van der Waals surface area contributed by atoms with Crippen molar-refractivity contribution in [2.45, 2.75) is 13.8 Å². The average molecular weight is 261 g/mol. The number of ketones is 1. The third kappa shape index (κ3) is 2.27. The van der Waals surface area contributed by atoms with Gasteiger partial charge in [0.15, 0.2) is 0 Å². The van der Waals surface area contributed by atoms with E-state index in [-0.39, 0.29) is 5.56 Å². The third-order valence-electron chi connectivity index (χ3n) is 2.94. The number of benzene rings is 1. The van der Waals surface area contributed by atoms with Crippen LogP contribution in [0.25, 0.3) is 5.69 Å². The van der Waals surface area contributed by atoms with Gasteiger partial charge in [-0.1, -0.05) is 6.07 Å². The smallest absolute Gasteiger partial charge is 0.377 e. The fraction of sp³-hybridized carbons (Fsp3) is 0.143. The third-order valence-corrected chi connectivity index (χ3v) is 2.94. The Kier molecular flexibility index (Phi) is 3.21. The second kappa shape index (κ2) is 4.68. The van der Waals surface area contributed by atoms with E-state index in [1.807, 2.05) is 0 Å². The molecule has 1 N–H and O–H groups in total. The largest absolute Gasteiger partial charge is 0.475 e. The van der Waals surface area contributed by atoms with Crippen LogP contribution in [0.1, 0.15) is 21.7 Å². The number of aliphatic carboxylic acids is 1. The molecule has 1 aromatic carbocycles. The van der Waals surface area contributed by atoms with Gasteiger partial charge in [-0.15, -0.1) is 0 Å². The number of aryl methyl sites for hydroxylation is 1. The molecule has 0 saturated carbocycles. The van der Waals surface area contributed by atoms with E-state index in [0.29, 0.717) is 17.1 Å². The molecule has 0 aliphatic carbocycles. The normalized spacial score (nSPS) is 10.5. The van der Waals surface area contributed by atoms with E-state index < -0.39 is 17.6 Å². The van der Waals surface area contributed by atoms with Gasteiger partial charge in [-0.25, -0.2) is 9.18 Å². The number of carboxylic acid groups (broad SMARTS) is 1. The molecule has 0 radical (unpaired) electrons. The summed E-state index contributed by atoms with van der Waals surface area (Å²) in [6.07, 6.45) is 0. The molecule has 0 amide bonds. The van der Waals surface area contributed by atoms with E-state index in [1.165, 1.54) is 18.2 Å². The molecule has 0 saturated heterocycles. The van der Waals surface area contributed by atoms with Crippen molar-refractivity contribution in [3.63, 3.8) is 0 Å². The number of hydrogen-bond acceptors (Lipinski definition) is 2. The first-order chi connectivity index (χ1) is 8.91. The second-order valence-electron chi connectivity index (χ2n) is 4.23. The summed E-state index contributed by atoms with van der Waals surface area (Å²) in [5.74, 6) is -2.86. The maximum atomic E-state index is 13.2. The molecule has 2 aromatic rings. The molecule has 1 heterocycles. The van der Waals surface area contributed by atoms with Crippen LogP contribution in [0, 0.1) is 19.7 Å². The fourth-order valence-electron chi connectivity index (χ4n) is 2.12. The summed E-state index contributed by atoms with van der Waals surface area (Å²) in [5.41, 5.74) is 1.83. The van der Waals surface area contributed by atoms with E-state index in [4.69, 9.17) is 5.11 Å². The Balaban J connectivity index is 2.60. The van der Waals surface area contributed by atoms with Crippen LogP contribution in [0.15, 0.2) is 30.3 Å². The Bertz CT molecular complexity index is 673. The van der Waals surface area contributed by atoms with Gasteiger partial charge in [0.2, 0.25) is 0 Å². The van der Waals surface area contributed by atoms with Crippen molar-refractivity contribution in [1.82, 2.24) is 4.57 Å². The zero-order valence-electron chi connectivity index (χ0n) is 10.5. The predicted octanol–water partition coefficient (Wildman–Crippen LogP) is 2.50. The number of carboxylic acids is 1. The Morgan fingerprint density at radius 3 is 2.47 bits per heavy atom. The van der Waals surface area contributed by atoms with Crippen LogP contribution in [0.2, 0.25) is 0 Å². The lowest BCUT2D eigenvalue weighted by atomic mass is 10.1. The summed E-state index contributed by atoms with van der Waals surface area (Å²) in [5, 5.41) is 8.76.